The maximum Gasteiger partial charge on any atom is 0.272 e. The van der Waals surface area contributed by atoms with E-state index in [1.165, 1.54) is 0 Å². The fraction of sp³-hybridized carbons (Fsp3) is 0.263. The van der Waals surface area contributed by atoms with Gasteiger partial charge in [-0.3, -0.25) is 4.79 Å². The highest BCUT2D eigenvalue weighted by Gasteiger charge is 2.21. The Morgan fingerprint density at radius 3 is 2.40 bits per heavy atom. The molecule has 0 radical (unpaired) electrons. The van der Waals surface area contributed by atoms with Gasteiger partial charge >= 0.3 is 0 Å². The Labute approximate surface area is 152 Å². The van der Waals surface area contributed by atoms with Crippen molar-refractivity contribution in [3.05, 3.63) is 59.4 Å². The van der Waals surface area contributed by atoms with Crippen molar-refractivity contribution in [2.75, 3.05) is 13.1 Å². The number of aromatic nitrogens is 3. The van der Waals surface area contributed by atoms with Gasteiger partial charge in [0, 0.05) is 31.4 Å². The van der Waals surface area contributed by atoms with Gasteiger partial charge in [-0.15, -0.1) is 0 Å². The number of hydrogen-bond donors (Lipinski definition) is 0. The standard InChI is InChI=1S/C19H21ClN4O/c1-4-23(5-2)19(25)18-13-16(17-7-6-12-22(17)3)21-24(18)15-10-8-14(20)9-11-15/h6-13H,4-5H2,1-3H3. The van der Waals surface area contributed by atoms with Crippen LogP contribution in [0.4, 0.5) is 0 Å². The summed E-state index contributed by atoms with van der Waals surface area (Å²) in [7, 11) is 1.96. The van der Waals surface area contributed by atoms with Gasteiger partial charge in [0.2, 0.25) is 0 Å². The van der Waals surface area contributed by atoms with Crippen LogP contribution in [0.25, 0.3) is 17.1 Å². The summed E-state index contributed by atoms with van der Waals surface area (Å²) in [6.45, 7) is 5.26. The monoisotopic (exact) mass is 356 g/mol. The van der Waals surface area contributed by atoms with E-state index in [-0.39, 0.29) is 5.91 Å². The van der Waals surface area contributed by atoms with Crippen molar-refractivity contribution in [1.82, 2.24) is 19.2 Å². The molecule has 0 saturated carbocycles. The Morgan fingerprint density at radius 1 is 1.16 bits per heavy atom. The summed E-state index contributed by atoms with van der Waals surface area (Å²) in [5, 5.41) is 5.34. The second-order valence-electron chi connectivity index (χ2n) is 5.78. The van der Waals surface area contributed by atoms with Crippen molar-refractivity contribution >= 4 is 17.5 Å². The highest BCUT2D eigenvalue weighted by atomic mass is 35.5. The van der Waals surface area contributed by atoms with Gasteiger partial charge in [-0.05, 0) is 56.3 Å². The lowest BCUT2D eigenvalue weighted by Crippen LogP contribution is -2.32. The van der Waals surface area contributed by atoms with Crippen LogP contribution in [0.15, 0.2) is 48.7 Å². The lowest BCUT2D eigenvalue weighted by molar-refractivity contribution is 0.0764. The molecule has 0 unspecified atom stereocenters. The largest absolute Gasteiger partial charge is 0.349 e. The van der Waals surface area contributed by atoms with Gasteiger partial charge in [-0.2, -0.15) is 5.10 Å². The van der Waals surface area contributed by atoms with E-state index in [1.54, 1.807) is 21.7 Å². The number of halogens is 1. The molecule has 0 atom stereocenters. The number of hydrogen-bond acceptors (Lipinski definition) is 2. The molecule has 0 fully saturated rings. The average molecular weight is 357 g/mol. The molecule has 1 aromatic carbocycles. The lowest BCUT2D eigenvalue weighted by atomic mass is 10.2. The molecule has 3 rings (SSSR count). The predicted octanol–water partition coefficient (Wildman–Crippen LogP) is 4.01. The third-order valence-corrected chi connectivity index (χ3v) is 4.51. The van der Waals surface area contributed by atoms with E-state index < -0.39 is 0 Å². The molecule has 0 aliphatic heterocycles. The third-order valence-electron chi connectivity index (χ3n) is 4.26. The van der Waals surface area contributed by atoms with Crippen molar-refractivity contribution < 1.29 is 4.79 Å². The van der Waals surface area contributed by atoms with Crippen LogP contribution in [0.3, 0.4) is 0 Å². The van der Waals surface area contributed by atoms with E-state index in [0.29, 0.717) is 23.8 Å². The normalized spacial score (nSPS) is 10.9. The summed E-state index contributed by atoms with van der Waals surface area (Å²) >= 11 is 6.00. The number of amides is 1. The van der Waals surface area contributed by atoms with Gasteiger partial charge in [0.1, 0.15) is 11.4 Å². The zero-order chi connectivity index (χ0) is 18.0. The number of nitrogens with zero attached hydrogens (tertiary/aromatic N) is 4. The summed E-state index contributed by atoms with van der Waals surface area (Å²) in [6, 6.07) is 13.1. The predicted molar refractivity (Wildman–Crippen MR) is 100 cm³/mol. The molecule has 0 saturated heterocycles. The number of aryl methyl sites for hydroxylation is 1. The first-order valence-corrected chi connectivity index (χ1v) is 8.70. The Bertz CT molecular complexity index is 875. The topological polar surface area (TPSA) is 43.1 Å². The Hall–Kier alpha value is -2.53. The Morgan fingerprint density at radius 2 is 1.84 bits per heavy atom. The number of benzene rings is 1. The van der Waals surface area contributed by atoms with Crippen molar-refractivity contribution in [1.29, 1.82) is 0 Å². The molecular weight excluding hydrogens is 336 g/mol. The SMILES string of the molecule is CCN(CC)C(=O)c1cc(-c2cccn2C)nn1-c1ccc(Cl)cc1. The number of rotatable bonds is 5. The van der Waals surface area contributed by atoms with Crippen LogP contribution in [0.5, 0.6) is 0 Å². The highest BCUT2D eigenvalue weighted by molar-refractivity contribution is 6.30. The van der Waals surface area contributed by atoms with Crippen LogP contribution in [-0.2, 0) is 7.05 Å². The molecule has 0 spiro atoms. The minimum atomic E-state index is -0.0343. The molecule has 1 amide bonds. The average Bonchev–Trinajstić information content (AvgIpc) is 3.22. The van der Waals surface area contributed by atoms with Crippen LogP contribution in [0, 0.1) is 0 Å². The summed E-state index contributed by atoms with van der Waals surface area (Å²) in [6.07, 6.45) is 1.96. The lowest BCUT2D eigenvalue weighted by Gasteiger charge is -2.19. The van der Waals surface area contributed by atoms with E-state index in [2.05, 4.69) is 0 Å². The second kappa shape index (κ2) is 7.15. The molecule has 2 heterocycles. The quantitative estimate of drug-likeness (QED) is 0.693. The molecule has 0 bridgehead atoms. The van der Waals surface area contributed by atoms with E-state index in [0.717, 1.165) is 17.1 Å². The molecule has 6 heteroatoms. The molecular formula is C19H21ClN4O. The molecule has 0 aliphatic rings. The summed E-state index contributed by atoms with van der Waals surface area (Å²) in [5.41, 5.74) is 3.07. The van der Waals surface area contributed by atoms with Crippen LogP contribution >= 0.6 is 11.6 Å². The van der Waals surface area contributed by atoms with Crippen LogP contribution in [0.2, 0.25) is 5.02 Å². The first-order chi connectivity index (χ1) is 12.0. The van der Waals surface area contributed by atoms with E-state index >= 15 is 0 Å². The van der Waals surface area contributed by atoms with Crippen LogP contribution in [0.1, 0.15) is 24.3 Å². The fourth-order valence-electron chi connectivity index (χ4n) is 2.84. The van der Waals surface area contributed by atoms with Crippen molar-refractivity contribution in [2.24, 2.45) is 7.05 Å². The number of carbonyl (C=O) groups excluding carboxylic acids is 1. The number of carbonyl (C=O) groups is 1. The molecule has 2 aromatic heterocycles. The second-order valence-corrected chi connectivity index (χ2v) is 6.22. The van der Waals surface area contributed by atoms with Gasteiger partial charge in [0.25, 0.3) is 5.91 Å². The van der Waals surface area contributed by atoms with Gasteiger partial charge in [0.15, 0.2) is 0 Å². The smallest absolute Gasteiger partial charge is 0.272 e. The van der Waals surface area contributed by atoms with E-state index in [9.17, 15) is 4.79 Å². The summed E-state index contributed by atoms with van der Waals surface area (Å²) in [5.74, 6) is -0.0343. The zero-order valence-corrected chi connectivity index (χ0v) is 15.4. The molecule has 0 N–H and O–H groups in total. The maximum absolute atomic E-state index is 13.0. The molecule has 5 nitrogen and oxygen atoms in total. The van der Waals surface area contributed by atoms with Crippen LogP contribution < -0.4 is 0 Å². The van der Waals surface area contributed by atoms with Gasteiger partial charge < -0.3 is 9.47 Å². The minimum Gasteiger partial charge on any atom is -0.349 e. The molecule has 25 heavy (non-hydrogen) atoms. The minimum absolute atomic E-state index is 0.0343. The van der Waals surface area contributed by atoms with E-state index in [4.69, 9.17) is 16.7 Å². The summed E-state index contributed by atoms with van der Waals surface area (Å²) in [4.78, 5) is 14.8. The first-order valence-electron chi connectivity index (χ1n) is 8.32. The maximum atomic E-state index is 13.0. The first kappa shape index (κ1) is 17.3. The third kappa shape index (κ3) is 3.33. The summed E-state index contributed by atoms with van der Waals surface area (Å²) < 4.78 is 3.68. The molecule has 0 aliphatic carbocycles. The van der Waals surface area contributed by atoms with Gasteiger partial charge in [-0.25, -0.2) is 4.68 Å². The van der Waals surface area contributed by atoms with Crippen molar-refractivity contribution in [3.8, 4) is 17.1 Å². The molecule has 3 aromatic rings. The fourth-order valence-corrected chi connectivity index (χ4v) is 2.96. The highest BCUT2D eigenvalue weighted by Crippen LogP contribution is 2.23. The van der Waals surface area contributed by atoms with Crippen molar-refractivity contribution in [3.63, 3.8) is 0 Å². The van der Waals surface area contributed by atoms with Crippen LogP contribution in [-0.4, -0.2) is 38.2 Å². The molecule has 130 valence electrons. The Kier molecular flexibility index (Phi) is 4.95. The Balaban J connectivity index is 2.14. The zero-order valence-electron chi connectivity index (χ0n) is 14.6. The van der Waals surface area contributed by atoms with E-state index in [1.807, 2.05) is 62.0 Å². The van der Waals surface area contributed by atoms with Crippen molar-refractivity contribution in [2.45, 2.75) is 13.8 Å². The van der Waals surface area contributed by atoms with Gasteiger partial charge in [-0.1, -0.05) is 11.6 Å². The van der Waals surface area contributed by atoms with Gasteiger partial charge in [0.05, 0.1) is 11.4 Å².